The average Bonchev–Trinajstić information content (AvgIpc) is 3.04. The van der Waals surface area contributed by atoms with Gasteiger partial charge in [0.2, 0.25) is 0 Å². The van der Waals surface area contributed by atoms with E-state index in [0.717, 1.165) is 0 Å². The summed E-state index contributed by atoms with van der Waals surface area (Å²) in [6, 6.07) is 16.5. The molecule has 6 aromatic rings. The Morgan fingerprint density at radius 3 is 2.32 bits per heavy atom. The van der Waals surface area contributed by atoms with E-state index in [-0.39, 0.29) is 0 Å². The van der Waals surface area contributed by atoms with E-state index in [1.165, 1.54) is 65.7 Å². The molecule has 0 N–H and O–H groups in total. The van der Waals surface area contributed by atoms with Gasteiger partial charge in [0.05, 0.1) is 0 Å². The molecule has 0 aliphatic carbocycles. The minimum absolute atomic E-state index is 1.34. The van der Waals surface area contributed by atoms with Gasteiger partial charge in [-0.2, -0.15) is 0 Å². The molecule has 6 rings (SSSR count). The summed E-state index contributed by atoms with van der Waals surface area (Å²) in [7, 11) is 2.20. The SMILES string of the molecule is Cc1cc2c3cccc(C)c3n3c4c[c]([Ge]([CH3])([CH3])[CH3])cc5cc[n+](C)c(c(c1C)c23)c54. The number of hydrogen-bond acceptors (Lipinski definition) is 0. The fourth-order valence-electron chi connectivity index (χ4n) is 5.55. The van der Waals surface area contributed by atoms with Crippen LogP contribution in [0.3, 0.4) is 0 Å². The fraction of sp³-hybridized carbons (Fsp3) is 0.250. The van der Waals surface area contributed by atoms with Gasteiger partial charge in [0, 0.05) is 0 Å². The third-order valence-corrected chi connectivity index (χ3v) is 11.6. The van der Waals surface area contributed by atoms with E-state index in [1.807, 2.05) is 0 Å². The second-order valence-corrected chi connectivity index (χ2v) is 21.0. The van der Waals surface area contributed by atoms with Gasteiger partial charge in [-0.05, 0) is 0 Å². The first kappa shape index (κ1) is 19.1. The summed E-state index contributed by atoms with van der Waals surface area (Å²) < 4.78 is 6.49. The Labute approximate surface area is 185 Å². The van der Waals surface area contributed by atoms with E-state index in [9.17, 15) is 0 Å². The molecule has 3 heterocycles. The first-order chi connectivity index (χ1) is 14.7. The molecule has 0 bridgehead atoms. The molecule has 154 valence electrons. The summed E-state index contributed by atoms with van der Waals surface area (Å²) >= 11 is -2.03. The van der Waals surface area contributed by atoms with Crippen molar-refractivity contribution in [2.45, 2.75) is 38.0 Å². The minimum atomic E-state index is -2.03. The Balaban J connectivity index is 2.10. The van der Waals surface area contributed by atoms with Crippen LogP contribution in [-0.4, -0.2) is 17.7 Å². The number of benzene rings is 3. The van der Waals surface area contributed by atoms with Crippen molar-refractivity contribution in [2.75, 3.05) is 0 Å². The number of pyridine rings is 2. The van der Waals surface area contributed by atoms with Crippen LogP contribution in [0.4, 0.5) is 0 Å². The van der Waals surface area contributed by atoms with Gasteiger partial charge in [-0.25, -0.2) is 0 Å². The Kier molecular flexibility index (Phi) is 3.71. The van der Waals surface area contributed by atoms with E-state index in [4.69, 9.17) is 0 Å². The van der Waals surface area contributed by atoms with Crippen LogP contribution in [0.5, 0.6) is 0 Å². The number of rotatable bonds is 1. The Hall–Kier alpha value is -2.59. The molecular formula is C28H29GeN2+. The molecule has 31 heavy (non-hydrogen) atoms. The van der Waals surface area contributed by atoms with Crippen LogP contribution < -0.4 is 8.96 Å². The number of aromatic nitrogens is 2. The zero-order valence-electron chi connectivity index (χ0n) is 19.5. The predicted octanol–water partition coefficient (Wildman–Crippen LogP) is 6.28. The van der Waals surface area contributed by atoms with Gasteiger partial charge in [-0.3, -0.25) is 0 Å². The summed E-state index contributed by atoms with van der Waals surface area (Å²) in [6.07, 6.45) is 2.25. The van der Waals surface area contributed by atoms with Gasteiger partial charge in [-0.1, -0.05) is 0 Å². The predicted molar refractivity (Wildman–Crippen MR) is 137 cm³/mol. The van der Waals surface area contributed by atoms with Crippen molar-refractivity contribution >= 4 is 66.7 Å². The quantitative estimate of drug-likeness (QED) is 0.117. The van der Waals surface area contributed by atoms with Crippen LogP contribution in [0.15, 0.2) is 48.7 Å². The molecule has 0 saturated heterocycles. The molecule has 0 aliphatic heterocycles. The summed E-state index contributed by atoms with van der Waals surface area (Å²) in [5, 5.41) is 6.91. The molecule has 0 aliphatic rings. The summed E-state index contributed by atoms with van der Waals surface area (Å²) in [5.74, 6) is 7.49. The molecule has 0 atom stereocenters. The third-order valence-electron chi connectivity index (χ3n) is 7.35. The molecule has 0 radical (unpaired) electrons. The van der Waals surface area contributed by atoms with Gasteiger partial charge < -0.3 is 0 Å². The van der Waals surface area contributed by atoms with Crippen LogP contribution >= 0.6 is 0 Å². The molecular weight excluding hydrogens is 437 g/mol. The van der Waals surface area contributed by atoms with Crippen LogP contribution in [-0.2, 0) is 7.05 Å². The maximum atomic E-state index is 2.59. The molecule has 3 aromatic carbocycles. The summed E-state index contributed by atoms with van der Waals surface area (Å²) in [6.45, 7) is 6.81. The van der Waals surface area contributed by atoms with Gasteiger partial charge in [0.15, 0.2) is 0 Å². The topological polar surface area (TPSA) is 8.29 Å². The van der Waals surface area contributed by atoms with Crippen molar-refractivity contribution in [3.63, 3.8) is 0 Å². The molecule has 0 spiro atoms. The average molecular weight is 466 g/mol. The van der Waals surface area contributed by atoms with Crippen molar-refractivity contribution in [3.8, 4) is 0 Å². The van der Waals surface area contributed by atoms with Crippen molar-refractivity contribution < 1.29 is 4.57 Å². The first-order valence-electron chi connectivity index (χ1n) is 11.2. The monoisotopic (exact) mass is 467 g/mol. The molecule has 3 heteroatoms. The van der Waals surface area contributed by atoms with Crippen molar-refractivity contribution in [1.82, 2.24) is 4.40 Å². The normalized spacial score (nSPS) is 13.0. The van der Waals surface area contributed by atoms with Crippen molar-refractivity contribution in [1.29, 1.82) is 0 Å². The van der Waals surface area contributed by atoms with Crippen molar-refractivity contribution in [2.24, 2.45) is 7.05 Å². The first-order valence-corrected chi connectivity index (χ1v) is 18.5. The second kappa shape index (κ2) is 6.01. The number of hydrogen-bond donors (Lipinski definition) is 0. The number of aryl methyl sites for hydroxylation is 4. The van der Waals surface area contributed by atoms with Crippen molar-refractivity contribution in [3.05, 3.63) is 65.4 Å². The van der Waals surface area contributed by atoms with Gasteiger partial charge in [0.25, 0.3) is 0 Å². The maximum absolute atomic E-state index is 2.59. The van der Waals surface area contributed by atoms with Crippen LogP contribution in [0.2, 0.25) is 17.3 Å². The second-order valence-electron chi connectivity index (χ2n) is 10.4. The van der Waals surface area contributed by atoms with Gasteiger partial charge in [0.1, 0.15) is 0 Å². The van der Waals surface area contributed by atoms with E-state index >= 15 is 0 Å². The number of nitrogens with zero attached hydrogens (tertiary/aromatic N) is 2. The number of fused-ring (bicyclic) bond motifs is 5. The molecule has 3 aromatic heterocycles. The third kappa shape index (κ3) is 2.37. The summed E-state index contributed by atoms with van der Waals surface area (Å²) in [5.41, 5.74) is 9.56. The summed E-state index contributed by atoms with van der Waals surface area (Å²) in [4.78, 5) is 0. The Morgan fingerprint density at radius 1 is 0.806 bits per heavy atom. The molecule has 0 amide bonds. The molecule has 2 nitrogen and oxygen atoms in total. The Bertz CT molecular complexity index is 1700. The van der Waals surface area contributed by atoms with Gasteiger partial charge >= 0.3 is 186 Å². The van der Waals surface area contributed by atoms with Gasteiger partial charge in [-0.15, -0.1) is 0 Å². The molecule has 0 unspecified atom stereocenters. The van der Waals surface area contributed by atoms with E-state index < -0.39 is 13.3 Å². The van der Waals surface area contributed by atoms with Crippen LogP contribution in [0.25, 0.3) is 49.0 Å². The van der Waals surface area contributed by atoms with Crippen LogP contribution in [0.1, 0.15) is 16.7 Å². The van der Waals surface area contributed by atoms with E-state index in [0.29, 0.717) is 0 Å². The zero-order valence-corrected chi connectivity index (χ0v) is 21.6. The van der Waals surface area contributed by atoms with E-state index in [1.54, 1.807) is 4.40 Å². The Morgan fingerprint density at radius 2 is 1.58 bits per heavy atom. The fourth-order valence-corrected chi connectivity index (χ4v) is 7.98. The zero-order chi connectivity index (χ0) is 21.8. The van der Waals surface area contributed by atoms with Crippen LogP contribution in [0, 0.1) is 20.8 Å². The molecule has 0 fully saturated rings. The number of para-hydroxylation sites is 1. The standard InChI is InChI=1S/C28H29GeN2/c1-16-9-8-10-21-22-13-17(2)18(3)24-27(22)31(26(16)21)23-15-20(29(4,5)6)14-19-11-12-30(7)28(24)25(19)23/h8-15H,1-7H3/q+1. The van der Waals surface area contributed by atoms with E-state index in [2.05, 4.69) is 103 Å². The molecule has 0 saturated carbocycles.